The second-order valence-electron chi connectivity index (χ2n) is 4.28. The second-order valence-corrected chi connectivity index (χ2v) is 5.43. The van der Waals surface area contributed by atoms with Gasteiger partial charge in [0.1, 0.15) is 0 Å². The predicted octanol–water partition coefficient (Wildman–Crippen LogP) is 2.31. The SMILES string of the molecule is CC1CC(NCc2ccc([N+](=O)[O-])s2)CCO1. The van der Waals surface area contributed by atoms with Crippen molar-refractivity contribution in [3.63, 3.8) is 0 Å². The van der Waals surface area contributed by atoms with E-state index >= 15 is 0 Å². The summed E-state index contributed by atoms with van der Waals surface area (Å²) in [7, 11) is 0. The van der Waals surface area contributed by atoms with Crippen LogP contribution in [-0.4, -0.2) is 23.7 Å². The number of nitrogens with one attached hydrogen (secondary N) is 1. The lowest BCUT2D eigenvalue weighted by molar-refractivity contribution is -0.380. The summed E-state index contributed by atoms with van der Waals surface area (Å²) in [6, 6.07) is 3.84. The highest BCUT2D eigenvalue weighted by atomic mass is 32.1. The first-order chi connectivity index (χ1) is 8.15. The molecule has 2 atom stereocenters. The van der Waals surface area contributed by atoms with Gasteiger partial charge in [-0.1, -0.05) is 11.3 Å². The average molecular weight is 256 g/mol. The monoisotopic (exact) mass is 256 g/mol. The molecule has 0 amide bonds. The molecule has 0 spiro atoms. The van der Waals surface area contributed by atoms with Gasteiger partial charge < -0.3 is 10.1 Å². The van der Waals surface area contributed by atoms with E-state index in [4.69, 9.17) is 4.74 Å². The van der Waals surface area contributed by atoms with Crippen molar-refractivity contribution in [2.75, 3.05) is 6.61 Å². The Morgan fingerprint density at radius 1 is 1.65 bits per heavy atom. The fraction of sp³-hybridized carbons (Fsp3) is 0.636. The molecule has 1 aliphatic heterocycles. The standard InChI is InChI=1S/C11H16N2O3S/c1-8-6-9(4-5-16-8)12-7-10-2-3-11(17-10)13(14)15/h2-3,8-9,12H,4-7H2,1H3. The summed E-state index contributed by atoms with van der Waals surface area (Å²) in [5.41, 5.74) is 0. The van der Waals surface area contributed by atoms with E-state index in [9.17, 15) is 10.1 Å². The van der Waals surface area contributed by atoms with Gasteiger partial charge in [0.25, 0.3) is 0 Å². The molecule has 0 aromatic carbocycles. The van der Waals surface area contributed by atoms with Crippen molar-refractivity contribution in [1.29, 1.82) is 0 Å². The molecule has 1 aromatic rings. The van der Waals surface area contributed by atoms with E-state index in [1.807, 2.05) is 6.07 Å². The number of thiophene rings is 1. The Bertz CT molecular complexity index is 394. The van der Waals surface area contributed by atoms with Gasteiger partial charge >= 0.3 is 5.00 Å². The Morgan fingerprint density at radius 3 is 3.12 bits per heavy atom. The molecule has 1 aliphatic rings. The van der Waals surface area contributed by atoms with Gasteiger partial charge in [-0.25, -0.2) is 0 Å². The van der Waals surface area contributed by atoms with Crippen LogP contribution in [0.1, 0.15) is 24.6 Å². The molecule has 94 valence electrons. The fourth-order valence-corrected chi connectivity index (χ4v) is 2.76. The lowest BCUT2D eigenvalue weighted by Gasteiger charge is -2.27. The van der Waals surface area contributed by atoms with Crippen molar-refractivity contribution in [3.05, 3.63) is 27.1 Å². The molecule has 6 heteroatoms. The van der Waals surface area contributed by atoms with Gasteiger partial charge in [-0.05, 0) is 25.8 Å². The summed E-state index contributed by atoms with van der Waals surface area (Å²) in [6.07, 6.45) is 2.32. The number of hydrogen-bond acceptors (Lipinski definition) is 5. The zero-order valence-electron chi connectivity index (χ0n) is 9.72. The van der Waals surface area contributed by atoms with Crippen LogP contribution < -0.4 is 5.32 Å². The maximum Gasteiger partial charge on any atom is 0.324 e. The molecule has 0 radical (unpaired) electrons. The number of rotatable bonds is 4. The molecule has 1 aromatic heterocycles. The quantitative estimate of drug-likeness (QED) is 0.663. The van der Waals surface area contributed by atoms with Crippen LogP contribution in [0, 0.1) is 10.1 Å². The normalized spacial score (nSPS) is 24.8. The number of ether oxygens (including phenoxy) is 1. The molecule has 2 unspecified atom stereocenters. The topological polar surface area (TPSA) is 64.4 Å². The zero-order chi connectivity index (χ0) is 12.3. The van der Waals surface area contributed by atoms with Crippen LogP contribution in [0.3, 0.4) is 0 Å². The minimum absolute atomic E-state index is 0.210. The van der Waals surface area contributed by atoms with E-state index in [1.54, 1.807) is 6.07 Å². The third kappa shape index (κ3) is 3.49. The van der Waals surface area contributed by atoms with Gasteiger partial charge in [-0.3, -0.25) is 10.1 Å². The minimum Gasteiger partial charge on any atom is -0.378 e. The summed E-state index contributed by atoms with van der Waals surface area (Å²) in [5.74, 6) is 0. The summed E-state index contributed by atoms with van der Waals surface area (Å²) >= 11 is 1.24. The van der Waals surface area contributed by atoms with E-state index < -0.39 is 0 Å². The van der Waals surface area contributed by atoms with Gasteiger partial charge in [-0.15, -0.1) is 0 Å². The van der Waals surface area contributed by atoms with E-state index in [0.29, 0.717) is 18.7 Å². The van der Waals surface area contributed by atoms with Gasteiger partial charge in [0.2, 0.25) is 0 Å². The molecular formula is C11H16N2O3S. The van der Waals surface area contributed by atoms with Crippen molar-refractivity contribution in [2.45, 2.75) is 38.5 Å². The molecule has 17 heavy (non-hydrogen) atoms. The van der Waals surface area contributed by atoms with E-state index in [0.717, 1.165) is 24.3 Å². The predicted molar refractivity (Wildman–Crippen MR) is 66.2 cm³/mol. The lowest BCUT2D eigenvalue weighted by Crippen LogP contribution is -2.37. The summed E-state index contributed by atoms with van der Waals surface area (Å²) in [6.45, 7) is 3.57. The van der Waals surface area contributed by atoms with Gasteiger partial charge in [0.15, 0.2) is 0 Å². The highest BCUT2D eigenvalue weighted by Crippen LogP contribution is 2.24. The third-order valence-electron chi connectivity index (χ3n) is 2.88. The fourth-order valence-electron chi connectivity index (χ4n) is 1.99. The molecule has 2 heterocycles. The first kappa shape index (κ1) is 12.5. The van der Waals surface area contributed by atoms with E-state index in [2.05, 4.69) is 12.2 Å². The van der Waals surface area contributed by atoms with Gasteiger partial charge in [-0.2, -0.15) is 0 Å². The number of hydrogen-bond donors (Lipinski definition) is 1. The smallest absolute Gasteiger partial charge is 0.324 e. The van der Waals surface area contributed by atoms with Crippen LogP contribution in [0.15, 0.2) is 12.1 Å². The van der Waals surface area contributed by atoms with E-state index in [-0.39, 0.29) is 9.92 Å². The van der Waals surface area contributed by atoms with Crippen LogP contribution in [0.2, 0.25) is 0 Å². The molecule has 0 bridgehead atoms. The minimum atomic E-state index is -0.343. The highest BCUT2D eigenvalue weighted by Gasteiger charge is 2.19. The molecule has 1 fully saturated rings. The van der Waals surface area contributed by atoms with Crippen LogP contribution in [0.25, 0.3) is 0 Å². The maximum absolute atomic E-state index is 10.5. The van der Waals surface area contributed by atoms with Crippen LogP contribution in [0.4, 0.5) is 5.00 Å². The summed E-state index contributed by atoms with van der Waals surface area (Å²) in [4.78, 5) is 11.2. The highest BCUT2D eigenvalue weighted by molar-refractivity contribution is 7.15. The summed E-state index contributed by atoms with van der Waals surface area (Å²) < 4.78 is 5.47. The van der Waals surface area contributed by atoms with Crippen LogP contribution in [0.5, 0.6) is 0 Å². The summed E-state index contributed by atoms with van der Waals surface area (Å²) in [5, 5.41) is 14.2. The Hall–Kier alpha value is -0.980. The van der Waals surface area contributed by atoms with E-state index in [1.165, 1.54) is 11.3 Å². The Balaban J connectivity index is 1.82. The first-order valence-electron chi connectivity index (χ1n) is 5.73. The van der Waals surface area contributed by atoms with Gasteiger partial charge in [0, 0.05) is 30.1 Å². The third-order valence-corrected chi connectivity index (χ3v) is 3.91. The van der Waals surface area contributed by atoms with Crippen molar-refractivity contribution in [2.24, 2.45) is 0 Å². The Morgan fingerprint density at radius 2 is 2.47 bits per heavy atom. The zero-order valence-corrected chi connectivity index (χ0v) is 10.5. The number of nitro groups is 1. The van der Waals surface area contributed by atoms with Crippen molar-refractivity contribution in [1.82, 2.24) is 5.32 Å². The largest absolute Gasteiger partial charge is 0.378 e. The van der Waals surface area contributed by atoms with Gasteiger partial charge in [0.05, 0.1) is 11.0 Å². The van der Waals surface area contributed by atoms with Crippen LogP contribution >= 0.6 is 11.3 Å². The van der Waals surface area contributed by atoms with Crippen LogP contribution in [-0.2, 0) is 11.3 Å². The molecule has 5 nitrogen and oxygen atoms in total. The van der Waals surface area contributed by atoms with Crippen molar-refractivity contribution >= 4 is 16.3 Å². The molecule has 0 saturated carbocycles. The Labute approximate surface area is 104 Å². The average Bonchev–Trinajstić information content (AvgIpc) is 2.75. The molecular weight excluding hydrogens is 240 g/mol. The number of nitrogens with zero attached hydrogens (tertiary/aromatic N) is 1. The first-order valence-corrected chi connectivity index (χ1v) is 6.55. The van der Waals surface area contributed by atoms with Crippen molar-refractivity contribution < 1.29 is 9.66 Å². The second kappa shape index (κ2) is 5.57. The molecule has 1 saturated heterocycles. The van der Waals surface area contributed by atoms with Crippen molar-refractivity contribution in [3.8, 4) is 0 Å². The molecule has 1 N–H and O–H groups in total. The lowest BCUT2D eigenvalue weighted by atomic mass is 10.0. The maximum atomic E-state index is 10.5. The molecule has 2 rings (SSSR count). The molecule has 0 aliphatic carbocycles. The Kier molecular flexibility index (Phi) is 4.09.